The third-order valence-corrected chi connectivity index (χ3v) is 5.39. The van der Waals surface area contributed by atoms with E-state index in [1.165, 1.54) is 25.7 Å². The smallest absolute Gasteiger partial charge is 0.0391 e. The van der Waals surface area contributed by atoms with Crippen LogP contribution in [0.15, 0.2) is 66.7 Å². The molecule has 1 heterocycles. The second-order valence-corrected chi connectivity index (χ2v) is 7.29. The van der Waals surface area contributed by atoms with E-state index in [1.807, 2.05) is 11.3 Å². The standard InChI is InChI=1S/C21H19NS/c1-14(2)15-7-9-16(10-8-15)22-17-11-12-21-19(13-17)18-5-3-4-6-20(18)23-21/h3-14,22H,1-2H3. The highest BCUT2D eigenvalue weighted by Crippen LogP contribution is 2.35. The van der Waals surface area contributed by atoms with E-state index in [0.29, 0.717) is 5.92 Å². The van der Waals surface area contributed by atoms with Gasteiger partial charge in [-0.25, -0.2) is 0 Å². The number of hydrogen-bond acceptors (Lipinski definition) is 2. The van der Waals surface area contributed by atoms with Crippen molar-refractivity contribution in [1.82, 2.24) is 0 Å². The van der Waals surface area contributed by atoms with Gasteiger partial charge in [0.1, 0.15) is 0 Å². The molecule has 0 unspecified atom stereocenters. The van der Waals surface area contributed by atoms with Gasteiger partial charge >= 0.3 is 0 Å². The Morgan fingerprint density at radius 2 is 1.43 bits per heavy atom. The Morgan fingerprint density at radius 1 is 0.739 bits per heavy atom. The SMILES string of the molecule is CC(C)c1ccc(Nc2ccc3sc4ccccc4c3c2)cc1. The van der Waals surface area contributed by atoms with Crippen LogP contribution in [0.25, 0.3) is 20.2 Å². The molecule has 0 aliphatic rings. The molecule has 114 valence electrons. The van der Waals surface area contributed by atoms with Crippen molar-refractivity contribution in [2.24, 2.45) is 0 Å². The zero-order valence-electron chi connectivity index (χ0n) is 13.3. The fourth-order valence-electron chi connectivity index (χ4n) is 2.92. The third kappa shape index (κ3) is 2.71. The molecule has 0 amide bonds. The van der Waals surface area contributed by atoms with E-state index in [2.05, 4.69) is 85.9 Å². The number of hydrogen-bond donors (Lipinski definition) is 1. The lowest BCUT2D eigenvalue weighted by Gasteiger charge is -2.09. The minimum atomic E-state index is 0.567. The number of nitrogens with one attached hydrogen (secondary N) is 1. The maximum absolute atomic E-state index is 3.52. The van der Waals surface area contributed by atoms with E-state index in [9.17, 15) is 0 Å². The summed E-state index contributed by atoms with van der Waals surface area (Å²) in [6.45, 7) is 4.44. The molecule has 0 saturated heterocycles. The molecule has 1 nitrogen and oxygen atoms in total. The van der Waals surface area contributed by atoms with Crippen LogP contribution in [0.1, 0.15) is 25.3 Å². The monoisotopic (exact) mass is 317 g/mol. The molecule has 0 spiro atoms. The molecular weight excluding hydrogens is 298 g/mol. The summed E-state index contributed by atoms with van der Waals surface area (Å²) in [7, 11) is 0. The first-order chi connectivity index (χ1) is 11.2. The zero-order chi connectivity index (χ0) is 15.8. The molecule has 0 bridgehead atoms. The molecule has 1 aromatic heterocycles. The van der Waals surface area contributed by atoms with Crippen molar-refractivity contribution in [2.75, 3.05) is 5.32 Å². The third-order valence-electron chi connectivity index (χ3n) is 4.24. The predicted octanol–water partition coefficient (Wildman–Crippen LogP) is 6.92. The van der Waals surface area contributed by atoms with Crippen LogP contribution in [0.5, 0.6) is 0 Å². The van der Waals surface area contributed by atoms with E-state index >= 15 is 0 Å². The Bertz CT molecular complexity index is 964. The average molecular weight is 317 g/mol. The maximum Gasteiger partial charge on any atom is 0.0391 e. The summed E-state index contributed by atoms with van der Waals surface area (Å²) >= 11 is 1.85. The summed E-state index contributed by atoms with van der Waals surface area (Å²) in [5.74, 6) is 0.567. The van der Waals surface area contributed by atoms with Crippen LogP contribution in [0, 0.1) is 0 Å². The van der Waals surface area contributed by atoms with E-state index < -0.39 is 0 Å². The van der Waals surface area contributed by atoms with Gasteiger partial charge in [0.05, 0.1) is 0 Å². The fraction of sp³-hybridized carbons (Fsp3) is 0.143. The molecule has 3 aromatic carbocycles. The maximum atomic E-state index is 3.52. The lowest BCUT2D eigenvalue weighted by molar-refractivity contribution is 0.867. The van der Waals surface area contributed by atoms with Gasteiger partial charge < -0.3 is 5.32 Å². The molecule has 2 heteroatoms. The minimum Gasteiger partial charge on any atom is -0.356 e. The van der Waals surface area contributed by atoms with Gasteiger partial charge in [-0.15, -0.1) is 11.3 Å². The number of thiophene rings is 1. The van der Waals surface area contributed by atoms with Crippen molar-refractivity contribution in [1.29, 1.82) is 0 Å². The van der Waals surface area contributed by atoms with Gasteiger partial charge in [-0.2, -0.15) is 0 Å². The molecule has 0 saturated carbocycles. The number of anilines is 2. The largest absolute Gasteiger partial charge is 0.356 e. The summed E-state index contributed by atoms with van der Waals surface area (Å²) in [6, 6.07) is 24.0. The van der Waals surface area contributed by atoms with E-state index in [1.54, 1.807) is 0 Å². The van der Waals surface area contributed by atoms with Gasteiger partial charge in [-0.05, 0) is 47.9 Å². The summed E-state index contributed by atoms with van der Waals surface area (Å²) in [6.07, 6.45) is 0. The Hall–Kier alpha value is -2.32. The average Bonchev–Trinajstić information content (AvgIpc) is 2.93. The Kier molecular flexibility index (Phi) is 3.55. The summed E-state index contributed by atoms with van der Waals surface area (Å²) < 4.78 is 2.69. The normalized spacial score (nSPS) is 11.4. The highest BCUT2D eigenvalue weighted by Gasteiger charge is 2.05. The molecule has 0 atom stereocenters. The van der Waals surface area contributed by atoms with Gasteiger partial charge in [0.2, 0.25) is 0 Å². The first-order valence-corrected chi connectivity index (χ1v) is 8.80. The second-order valence-electron chi connectivity index (χ2n) is 6.21. The lowest BCUT2D eigenvalue weighted by Crippen LogP contribution is -1.91. The van der Waals surface area contributed by atoms with Crippen molar-refractivity contribution < 1.29 is 0 Å². The quantitative estimate of drug-likeness (QED) is 0.432. The number of benzene rings is 3. The molecular formula is C21H19NS. The molecule has 4 aromatic rings. The Morgan fingerprint density at radius 3 is 2.22 bits per heavy atom. The van der Waals surface area contributed by atoms with Crippen molar-refractivity contribution in [3.8, 4) is 0 Å². The Balaban J connectivity index is 1.70. The zero-order valence-corrected chi connectivity index (χ0v) is 14.2. The van der Waals surface area contributed by atoms with Crippen molar-refractivity contribution >= 4 is 42.9 Å². The van der Waals surface area contributed by atoms with E-state index in [0.717, 1.165) is 11.4 Å². The van der Waals surface area contributed by atoms with Crippen molar-refractivity contribution in [2.45, 2.75) is 19.8 Å². The van der Waals surface area contributed by atoms with Gasteiger partial charge in [0.25, 0.3) is 0 Å². The van der Waals surface area contributed by atoms with Crippen LogP contribution in [0.4, 0.5) is 11.4 Å². The number of rotatable bonds is 3. The lowest BCUT2D eigenvalue weighted by atomic mass is 10.0. The van der Waals surface area contributed by atoms with Crippen molar-refractivity contribution in [3.63, 3.8) is 0 Å². The number of fused-ring (bicyclic) bond motifs is 3. The molecule has 1 N–H and O–H groups in total. The van der Waals surface area contributed by atoms with Crippen LogP contribution in [-0.4, -0.2) is 0 Å². The molecule has 0 aliphatic heterocycles. The van der Waals surface area contributed by atoms with Gasteiger partial charge in [-0.1, -0.05) is 44.2 Å². The molecule has 0 aliphatic carbocycles. The first kappa shape index (κ1) is 14.3. The topological polar surface area (TPSA) is 12.0 Å². The van der Waals surface area contributed by atoms with Crippen LogP contribution in [0.2, 0.25) is 0 Å². The molecule has 23 heavy (non-hydrogen) atoms. The summed E-state index contributed by atoms with van der Waals surface area (Å²) in [5, 5.41) is 6.19. The second kappa shape index (κ2) is 5.71. The van der Waals surface area contributed by atoms with Crippen LogP contribution in [0.3, 0.4) is 0 Å². The Labute approximate surface area is 140 Å². The molecule has 0 radical (unpaired) electrons. The van der Waals surface area contributed by atoms with Gasteiger partial charge in [0, 0.05) is 31.5 Å². The van der Waals surface area contributed by atoms with Crippen LogP contribution < -0.4 is 5.32 Å². The summed E-state index contributed by atoms with van der Waals surface area (Å²) in [4.78, 5) is 0. The van der Waals surface area contributed by atoms with Crippen molar-refractivity contribution in [3.05, 3.63) is 72.3 Å². The minimum absolute atomic E-state index is 0.567. The highest BCUT2D eigenvalue weighted by atomic mass is 32.1. The fourth-order valence-corrected chi connectivity index (χ4v) is 4.01. The molecule has 0 fully saturated rings. The van der Waals surface area contributed by atoms with Gasteiger partial charge in [-0.3, -0.25) is 0 Å². The first-order valence-electron chi connectivity index (χ1n) is 7.99. The highest BCUT2D eigenvalue weighted by molar-refractivity contribution is 7.25. The predicted molar refractivity (Wildman–Crippen MR) is 103 cm³/mol. The van der Waals surface area contributed by atoms with E-state index in [-0.39, 0.29) is 0 Å². The van der Waals surface area contributed by atoms with Gasteiger partial charge in [0.15, 0.2) is 0 Å². The summed E-state index contributed by atoms with van der Waals surface area (Å²) in [5.41, 5.74) is 3.64. The van der Waals surface area contributed by atoms with Crippen LogP contribution >= 0.6 is 11.3 Å². The van der Waals surface area contributed by atoms with E-state index in [4.69, 9.17) is 0 Å². The molecule has 4 rings (SSSR count). The van der Waals surface area contributed by atoms with Crippen LogP contribution in [-0.2, 0) is 0 Å².